The van der Waals surface area contributed by atoms with Crippen molar-refractivity contribution in [2.45, 2.75) is 31.8 Å². The zero-order valence-corrected chi connectivity index (χ0v) is 9.27. The Morgan fingerprint density at radius 2 is 2.40 bits per heavy atom. The Hall–Kier alpha value is -1.13. The molecule has 1 aromatic rings. The molecule has 1 atom stereocenters. The average molecular weight is 226 g/mol. The molecule has 6 nitrogen and oxygen atoms in total. The second-order valence-electron chi connectivity index (χ2n) is 3.14. The van der Waals surface area contributed by atoms with Crippen molar-refractivity contribution in [3.8, 4) is 6.07 Å². The Kier molecular flexibility index (Phi) is 5.07. The summed E-state index contributed by atoms with van der Waals surface area (Å²) >= 11 is 4.12. The predicted octanol–water partition coefficient (Wildman–Crippen LogP) is 0.297. The van der Waals surface area contributed by atoms with Crippen LogP contribution in [0.1, 0.15) is 31.1 Å². The zero-order chi connectivity index (χ0) is 11.1. The molecule has 0 saturated heterocycles. The van der Waals surface area contributed by atoms with Crippen molar-refractivity contribution >= 4 is 12.6 Å². The van der Waals surface area contributed by atoms with E-state index in [2.05, 4.69) is 28.2 Å². The van der Waals surface area contributed by atoms with Gasteiger partial charge in [0.1, 0.15) is 0 Å². The smallest absolute Gasteiger partial charge is 0.168 e. The van der Waals surface area contributed by atoms with Crippen molar-refractivity contribution in [1.82, 2.24) is 20.2 Å². The van der Waals surface area contributed by atoms with E-state index >= 15 is 0 Å². The minimum absolute atomic E-state index is 0.175. The fourth-order valence-electron chi connectivity index (χ4n) is 1.23. The molecule has 0 aliphatic carbocycles. The van der Waals surface area contributed by atoms with Gasteiger partial charge in [-0.3, -0.25) is 0 Å². The first-order valence-corrected chi connectivity index (χ1v) is 5.42. The summed E-state index contributed by atoms with van der Waals surface area (Å²) < 4.78 is 1.59. The molecule has 0 bridgehead atoms. The van der Waals surface area contributed by atoms with E-state index < -0.39 is 0 Å². The first kappa shape index (κ1) is 11.9. The van der Waals surface area contributed by atoms with Crippen LogP contribution in [0, 0.1) is 11.3 Å². The van der Waals surface area contributed by atoms with Gasteiger partial charge in [0.2, 0.25) is 0 Å². The molecule has 0 aliphatic rings. The Balaban J connectivity index is 2.59. The summed E-state index contributed by atoms with van der Waals surface area (Å²) in [5, 5.41) is 19.7. The number of thiol groups is 1. The number of nitriles is 1. The van der Waals surface area contributed by atoms with Gasteiger partial charge < -0.3 is 5.73 Å². The number of hydrogen-bond acceptors (Lipinski definition) is 6. The molecule has 0 fully saturated rings. The van der Waals surface area contributed by atoms with E-state index in [9.17, 15) is 0 Å². The number of aromatic nitrogens is 4. The molecule has 1 aromatic heterocycles. The fourth-order valence-corrected chi connectivity index (χ4v) is 1.42. The van der Waals surface area contributed by atoms with E-state index in [0.717, 1.165) is 18.6 Å². The minimum Gasteiger partial charge on any atom is -0.321 e. The Bertz CT molecular complexity index is 330. The third-order valence-corrected chi connectivity index (χ3v) is 2.32. The number of aryl methyl sites for hydroxylation is 1. The van der Waals surface area contributed by atoms with Crippen LogP contribution in [0.5, 0.6) is 0 Å². The van der Waals surface area contributed by atoms with Gasteiger partial charge in [0.25, 0.3) is 0 Å². The van der Waals surface area contributed by atoms with Gasteiger partial charge in [-0.05, 0) is 29.0 Å². The van der Waals surface area contributed by atoms with Gasteiger partial charge in [-0.1, -0.05) is 0 Å². The number of rotatable bonds is 6. The van der Waals surface area contributed by atoms with Gasteiger partial charge in [0.15, 0.2) is 5.82 Å². The van der Waals surface area contributed by atoms with Crippen LogP contribution in [0.2, 0.25) is 0 Å². The molecule has 0 radical (unpaired) electrons. The molecule has 0 aromatic carbocycles. The number of tetrazole rings is 1. The monoisotopic (exact) mass is 226 g/mol. The Labute approximate surface area is 93.9 Å². The van der Waals surface area contributed by atoms with Crippen LogP contribution in [0.3, 0.4) is 0 Å². The molecule has 15 heavy (non-hydrogen) atoms. The molecule has 1 heterocycles. The lowest BCUT2D eigenvalue weighted by molar-refractivity contribution is 0.517. The summed E-state index contributed by atoms with van der Waals surface area (Å²) in [6.45, 7) is 0.493. The van der Waals surface area contributed by atoms with Crippen LogP contribution in [-0.4, -0.2) is 26.0 Å². The third-order valence-electron chi connectivity index (χ3n) is 2.00. The highest BCUT2D eigenvalue weighted by Crippen LogP contribution is 2.12. The van der Waals surface area contributed by atoms with E-state index in [0.29, 0.717) is 18.8 Å². The summed E-state index contributed by atoms with van der Waals surface area (Å²) in [7, 11) is 0. The van der Waals surface area contributed by atoms with Crippen molar-refractivity contribution in [3.63, 3.8) is 0 Å². The van der Waals surface area contributed by atoms with E-state index in [1.165, 1.54) is 0 Å². The van der Waals surface area contributed by atoms with Crippen LogP contribution >= 0.6 is 12.6 Å². The van der Waals surface area contributed by atoms with Crippen LogP contribution in [0.4, 0.5) is 0 Å². The van der Waals surface area contributed by atoms with Crippen molar-refractivity contribution in [3.05, 3.63) is 5.82 Å². The molecule has 0 aliphatic heterocycles. The van der Waals surface area contributed by atoms with E-state index in [4.69, 9.17) is 11.0 Å². The first-order chi connectivity index (χ1) is 7.29. The second-order valence-corrected chi connectivity index (χ2v) is 3.59. The fraction of sp³-hybridized carbons (Fsp3) is 0.750. The van der Waals surface area contributed by atoms with Crippen LogP contribution in [0.25, 0.3) is 0 Å². The quantitative estimate of drug-likeness (QED) is 0.680. The lowest BCUT2D eigenvalue weighted by Gasteiger charge is -2.09. The molecular weight excluding hydrogens is 212 g/mol. The maximum atomic E-state index is 8.46. The van der Waals surface area contributed by atoms with E-state index in [1.807, 2.05) is 6.07 Å². The maximum absolute atomic E-state index is 8.46. The van der Waals surface area contributed by atoms with Gasteiger partial charge in [0.05, 0.1) is 25.1 Å². The van der Waals surface area contributed by atoms with Crippen molar-refractivity contribution in [2.75, 3.05) is 5.75 Å². The molecule has 1 unspecified atom stereocenters. The Morgan fingerprint density at radius 3 is 3.07 bits per heavy atom. The van der Waals surface area contributed by atoms with E-state index in [-0.39, 0.29) is 6.04 Å². The molecule has 0 saturated carbocycles. The summed E-state index contributed by atoms with van der Waals surface area (Å²) in [5.41, 5.74) is 5.92. The molecule has 0 amide bonds. The highest BCUT2D eigenvalue weighted by Gasteiger charge is 2.13. The van der Waals surface area contributed by atoms with Crippen LogP contribution in [0.15, 0.2) is 0 Å². The summed E-state index contributed by atoms with van der Waals surface area (Å²) in [5.74, 6) is 1.44. The lowest BCUT2D eigenvalue weighted by Crippen LogP contribution is -2.17. The van der Waals surface area contributed by atoms with Crippen molar-refractivity contribution in [1.29, 1.82) is 5.26 Å². The van der Waals surface area contributed by atoms with Crippen molar-refractivity contribution < 1.29 is 0 Å². The number of nitrogens with zero attached hydrogens (tertiary/aromatic N) is 5. The zero-order valence-electron chi connectivity index (χ0n) is 8.37. The lowest BCUT2D eigenvalue weighted by atomic mass is 10.2. The summed E-state index contributed by atoms with van der Waals surface area (Å²) in [6, 6.07) is 1.87. The summed E-state index contributed by atoms with van der Waals surface area (Å²) in [4.78, 5) is 0. The molecule has 0 spiro atoms. The van der Waals surface area contributed by atoms with Crippen LogP contribution in [-0.2, 0) is 6.54 Å². The first-order valence-electron chi connectivity index (χ1n) is 4.79. The molecule has 1 rings (SSSR count). The van der Waals surface area contributed by atoms with Gasteiger partial charge in [0, 0.05) is 0 Å². The second kappa shape index (κ2) is 6.37. The highest BCUT2D eigenvalue weighted by molar-refractivity contribution is 7.80. The van der Waals surface area contributed by atoms with Gasteiger partial charge in [-0.2, -0.15) is 17.9 Å². The van der Waals surface area contributed by atoms with Gasteiger partial charge in [-0.15, -0.1) is 5.10 Å². The average Bonchev–Trinajstić information content (AvgIpc) is 2.71. The molecular formula is C8H14N6S. The molecule has 2 N–H and O–H groups in total. The number of nitrogens with two attached hydrogens (primary N) is 1. The molecule has 7 heteroatoms. The third kappa shape index (κ3) is 3.49. The predicted molar refractivity (Wildman–Crippen MR) is 58.1 cm³/mol. The highest BCUT2D eigenvalue weighted by atomic mass is 32.1. The standard InChI is InChI=1S/C8H14N6S/c9-4-2-5-14-8(11-12-13-14)7(10)3-1-6-15/h7,15H,1-3,5-6,10H2. The normalized spacial score (nSPS) is 12.3. The Morgan fingerprint density at radius 1 is 1.60 bits per heavy atom. The van der Waals surface area contributed by atoms with Gasteiger partial charge >= 0.3 is 0 Å². The largest absolute Gasteiger partial charge is 0.321 e. The summed E-state index contributed by atoms with van der Waals surface area (Å²) in [6.07, 6.45) is 2.11. The van der Waals surface area contributed by atoms with Gasteiger partial charge in [-0.25, -0.2) is 4.68 Å². The van der Waals surface area contributed by atoms with Crippen LogP contribution < -0.4 is 5.73 Å². The topological polar surface area (TPSA) is 93.4 Å². The maximum Gasteiger partial charge on any atom is 0.168 e. The van der Waals surface area contributed by atoms with E-state index in [1.54, 1.807) is 4.68 Å². The minimum atomic E-state index is -0.175. The SMILES string of the molecule is N#CCCn1nnnc1C(N)CCCS. The molecule has 82 valence electrons. The van der Waals surface area contributed by atoms with Crippen molar-refractivity contribution in [2.24, 2.45) is 5.73 Å². The number of hydrogen-bond donors (Lipinski definition) is 2.